The van der Waals surface area contributed by atoms with Gasteiger partial charge in [0.25, 0.3) is 0 Å². The molecule has 1 heterocycles. The van der Waals surface area contributed by atoms with Crippen molar-refractivity contribution in [3.63, 3.8) is 0 Å². The van der Waals surface area contributed by atoms with Crippen LogP contribution in [0, 0.1) is 6.92 Å². The van der Waals surface area contributed by atoms with Crippen molar-refractivity contribution >= 4 is 0 Å². The molecule has 1 aromatic carbocycles. The molecular weight excluding hydrogens is 236 g/mol. The van der Waals surface area contributed by atoms with Crippen LogP contribution in [0.1, 0.15) is 36.8 Å². The van der Waals surface area contributed by atoms with E-state index in [-0.39, 0.29) is 0 Å². The van der Waals surface area contributed by atoms with Gasteiger partial charge >= 0.3 is 0 Å². The molecule has 19 heavy (non-hydrogen) atoms. The van der Waals surface area contributed by atoms with Crippen LogP contribution in [0.3, 0.4) is 0 Å². The second kappa shape index (κ2) is 6.02. The summed E-state index contributed by atoms with van der Waals surface area (Å²) in [4.78, 5) is 2.30. The van der Waals surface area contributed by atoms with Gasteiger partial charge in [-0.2, -0.15) is 0 Å². The maximum atomic E-state index is 5.28. The predicted octanol–water partition coefficient (Wildman–Crippen LogP) is 3.61. The molecule has 0 N–H and O–H groups in total. The van der Waals surface area contributed by atoms with E-state index in [2.05, 4.69) is 61.3 Å². The van der Waals surface area contributed by atoms with Crippen LogP contribution in [0.2, 0.25) is 0 Å². The summed E-state index contributed by atoms with van der Waals surface area (Å²) in [6.45, 7) is 7.26. The Kier molecular flexibility index (Phi) is 4.38. The summed E-state index contributed by atoms with van der Waals surface area (Å²) < 4.78 is 5.28. The highest BCUT2D eigenvalue weighted by atomic mass is 16.5. The molecule has 3 nitrogen and oxygen atoms in total. The Morgan fingerprint density at radius 2 is 1.89 bits per heavy atom. The second-order valence-electron chi connectivity index (χ2n) is 5.29. The van der Waals surface area contributed by atoms with E-state index in [4.69, 9.17) is 4.52 Å². The molecule has 2 atom stereocenters. The van der Waals surface area contributed by atoms with E-state index in [1.54, 1.807) is 0 Å². The summed E-state index contributed by atoms with van der Waals surface area (Å²) in [7, 11) is 2.13. The lowest BCUT2D eigenvalue weighted by Gasteiger charge is -2.29. The van der Waals surface area contributed by atoms with Crippen LogP contribution in [0.4, 0.5) is 0 Å². The number of rotatable bonds is 5. The van der Waals surface area contributed by atoms with Crippen LogP contribution in [0.25, 0.3) is 0 Å². The van der Waals surface area contributed by atoms with E-state index in [1.165, 1.54) is 5.56 Å². The summed E-state index contributed by atoms with van der Waals surface area (Å²) in [5.41, 5.74) is 2.31. The van der Waals surface area contributed by atoms with E-state index < -0.39 is 0 Å². The molecule has 0 aliphatic carbocycles. The van der Waals surface area contributed by atoms with E-state index in [1.807, 2.05) is 13.0 Å². The molecule has 0 unspecified atom stereocenters. The molecule has 0 saturated carbocycles. The van der Waals surface area contributed by atoms with Crippen molar-refractivity contribution in [3.8, 4) is 0 Å². The SMILES string of the molecule is Cc1cc(CN(C)[C@H](C)[C@H](C)c2ccccc2)on1. The third-order valence-corrected chi connectivity index (χ3v) is 3.83. The highest BCUT2D eigenvalue weighted by Gasteiger charge is 2.19. The van der Waals surface area contributed by atoms with Crippen molar-refractivity contribution in [2.75, 3.05) is 7.05 Å². The van der Waals surface area contributed by atoms with Gasteiger partial charge in [0.2, 0.25) is 0 Å². The van der Waals surface area contributed by atoms with Crippen LogP contribution in [0.5, 0.6) is 0 Å². The lowest BCUT2D eigenvalue weighted by atomic mass is 9.93. The minimum atomic E-state index is 0.438. The van der Waals surface area contributed by atoms with Crippen LogP contribution in [-0.2, 0) is 6.54 Å². The number of hydrogen-bond acceptors (Lipinski definition) is 3. The van der Waals surface area contributed by atoms with Crippen molar-refractivity contribution in [2.24, 2.45) is 0 Å². The summed E-state index contributed by atoms with van der Waals surface area (Å²) in [5, 5.41) is 3.93. The molecule has 2 aromatic rings. The quantitative estimate of drug-likeness (QED) is 0.820. The predicted molar refractivity (Wildman–Crippen MR) is 77.0 cm³/mol. The molecule has 0 amide bonds. The van der Waals surface area contributed by atoms with Crippen molar-refractivity contribution in [3.05, 3.63) is 53.4 Å². The Labute approximate surface area is 115 Å². The molecule has 0 saturated heterocycles. The van der Waals surface area contributed by atoms with Gasteiger partial charge in [-0.05, 0) is 32.4 Å². The number of hydrogen-bond donors (Lipinski definition) is 0. The fourth-order valence-electron chi connectivity index (χ4n) is 2.30. The zero-order chi connectivity index (χ0) is 13.8. The van der Waals surface area contributed by atoms with E-state index in [0.29, 0.717) is 12.0 Å². The summed E-state index contributed by atoms with van der Waals surface area (Å²) >= 11 is 0. The number of benzene rings is 1. The normalized spacial score (nSPS) is 14.6. The van der Waals surface area contributed by atoms with Crippen molar-refractivity contribution < 1.29 is 4.52 Å². The van der Waals surface area contributed by atoms with Crippen LogP contribution in [0.15, 0.2) is 40.9 Å². The van der Waals surface area contributed by atoms with Gasteiger partial charge in [-0.25, -0.2) is 0 Å². The highest BCUT2D eigenvalue weighted by molar-refractivity contribution is 5.20. The van der Waals surface area contributed by atoms with E-state index in [9.17, 15) is 0 Å². The molecule has 0 aliphatic rings. The van der Waals surface area contributed by atoms with Crippen LogP contribution < -0.4 is 0 Å². The average Bonchev–Trinajstić information content (AvgIpc) is 2.83. The molecule has 102 valence electrons. The molecule has 0 aliphatic heterocycles. The molecular formula is C16H22N2O. The molecule has 0 bridgehead atoms. The maximum absolute atomic E-state index is 5.28. The molecule has 2 rings (SSSR count). The van der Waals surface area contributed by atoms with Crippen molar-refractivity contribution in [1.29, 1.82) is 0 Å². The molecule has 0 spiro atoms. The van der Waals surface area contributed by atoms with Gasteiger partial charge in [0.1, 0.15) is 0 Å². The Morgan fingerprint density at radius 1 is 1.21 bits per heavy atom. The summed E-state index contributed by atoms with van der Waals surface area (Å²) in [5.74, 6) is 1.40. The first-order valence-corrected chi connectivity index (χ1v) is 6.75. The average molecular weight is 258 g/mol. The first-order chi connectivity index (χ1) is 9.08. The summed E-state index contributed by atoms with van der Waals surface area (Å²) in [6.07, 6.45) is 0. The third-order valence-electron chi connectivity index (χ3n) is 3.83. The zero-order valence-corrected chi connectivity index (χ0v) is 12.1. The Balaban J connectivity index is 2.00. The Bertz CT molecular complexity index is 506. The standard InChI is InChI=1S/C16H22N2O/c1-12-10-16(19-17-12)11-18(4)14(3)13(2)15-8-6-5-7-9-15/h5-10,13-14H,11H2,1-4H3/t13-,14+/m0/s1. The largest absolute Gasteiger partial charge is 0.360 e. The molecule has 3 heteroatoms. The molecule has 0 fully saturated rings. The third kappa shape index (κ3) is 3.44. The van der Waals surface area contributed by atoms with Gasteiger partial charge in [0.15, 0.2) is 5.76 Å². The monoisotopic (exact) mass is 258 g/mol. The van der Waals surface area contributed by atoms with E-state index >= 15 is 0 Å². The van der Waals surface area contributed by atoms with Crippen LogP contribution >= 0.6 is 0 Å². The number of aromatic nitrogens is 1. The van der Waals surface area contributed by atoms with Gasteiger partial charge in [0, 0.05) is 12.1 Å². The first-order valence-electron chi connectivity index (χ1n) is 6.75. The van der Waals surface area contributed by atoms with Gasteiger partial charge in [-0.15, -0.1) is 0 Å². The lowest BCUT2D eigenvalue weighted by molar-refractivity contribution is 0.199. The summed E-state index contributed by atoms with van der Waals surface area (Å²) in [6, 6.07) is 13.1. The topological polar surface area (TPSA) is 29.3 Å². The molecule has 0 radical (unpaired) electrons. The number of nitrogens with zero attached hydrogens (tertiary/aromatic N) is 2. The van der Waals surface area contributed by atoms with E-state index in [0.717, 1.165) is 18.0 Å². The minimum absolute atomic E-state index is 0.438. The fraction of sp³-hybridized carbons (Fsp3) is 0.438. The maximum Gasteiger partial charge on any atom is 0.150 e. The van der Waals surface area contributed by atoms with Gasteiger partial charge in [-0.1, -0.05) is 42.4 Å². The highest BCUT2D eigenvalue weighted by Crippen LogP contribution is 2.23. The zero-order valence-electron chi connectivity index (χ0n) is 12.1. The minimum Gasteiger partial charge on any atom is -0.360 e. The second-order valence-corrected chi connectivity index (χ2v) is 5.29. The smallest absolute Gasteiger partial charge is 0.150 e. The van der Waals surface area contributed by atoms with Gasteiger partial charge < -0.3 is 4.52 Å². The van der Waals surface area contributed by atoms with Gasteiger partial charge in [0.05, 0.1) is 12.2 Å². The number of aryl methyl sites for hydroxylation is 1. The number of likely N-dealkylation sites (N-methyl/N-ethyl adjacent to an activating group) is 1. The van der Waals surface area contributed by atoms with Gasteiger partial charge in [-0.3, -0.25) is 4.90 Å². The Morgan fingerprint density at radius 3 is 2.47 bits per heavy atom. The van der Waals surface area contributed by atoms with Crippen molar-refractivity contribution in [2.45, 2.75) is 39.3 Å². The Hall–Kier alpha value is -1.61. The fourth-order valence-corrected chi connectivity index (χ4v) is 2.30. The van der Waals surface area contributed by atoms with Crippen molar-refractivity contribution in [1.82, 2.24) is 10.1 Å². The molecule has 1 aromatic heterocycles. The first kappa shape index (κ1) is 13.8. The van der Waals surface area contributed by atoms with Crippen LogP contribution in [-0.4, -0.2) is 23.1 Å². The lowest BCUT2D eigenvalue weighted by Crippen LogP contribution is -2.32.